The van der Waals surface area contributed by atoms with Crippen LogP contribution in [0.4, 0.5) is 13.2 Å². The van der Waals surface area contributed by atoms with Gasteiger partial charge >= 0.3 is 6.18 Å². The normalized spacial score (nSPS) is 12.1. The highest BCUT2D eigenvalue weighted by Gasteiger charge is 2.34. The Hall–Kier alpha value is -1.37. The van der Waals surface area contributed by atoms with Crippen molar-refractivity contribution in [1.29, 1.82) is 0 Å². The number of halogens is 4. The zero-order valence-electron chi connectivity index (χ0n) is 9.14. The molecule has 2 heterocycles. The minimum absolute atomic E-state index is 0.0207. The van der Waals surface area contributed by atoms with Gasteiger partial charge in [-0.15, -0.1) is 0 Å². The minimum Gasteiger partial charge on any atom is -0.435 e. The molecule has 0 atom stereocenters. The first-order valence-corrected chi connectivity index (χ1v) is 6.02. The average molecular weight is 322 g/mol. The monoisotopic (exact) mass is 321 g/mol. The van der Waals surface area contributed by atoms with Gasteiger partial charge in [0.25, 0.3) is 0 Å². The third kappa shape index (κ3) is 2.27. The van der Waals surface area contributed by atoms with Gasteiger partial charge in [0.2, 0.25) is 11.5 Å². The van der Waals surface area contributed by atoms with Gasteiger partial charge in [0.1, 0.15) is 0 Å². The van der Waals surface area contributed by atoms with Crippen molar-refractivity contribution in [2.75, 3.05) is 5.33 Å². The van der Waals surface area contributed by atoms with Gasteiger partial charge in [-0.1, -0.05) is 15.9 Å². The Morgan fingerprint density at radius 2 is 2.11 bits per heavy atom. The second-order valence-electron chi connectivity index (χ2n) is 3.70. The second kappa shape index (κ2) is 4.38. The Morgan fingerprint density at radius 3 is 2.67 bits per heavy atom. The average Bonchev–Trinajstić information content (AvgIpc) is 2.68. The number of fused-ring (bicyclic) bond motifs is 1. The van der Waals surface area contributed by atoms with Crippen LogP contribution in [0.2, 0.25) is 0 Å². The van der Waals surface area contributed by atoms with Gasteiger partial charge in [0.05, 0.1) is 16.3 Å². The maximum absolute atomic E-state index is 12.8. The van der Waals surface area contributed by atoms with Gasteiger partial charge in [-0.2, -0.15) is 13.2 Å². The Morgan fingerprint density at radius 1 is 1.44 bits per heavy atom. The maximum atomic E-state index is 12.8. The number of pyridine rings is 1. The molecule has 0 aromatic carbocycles. The fraction of sp³-hybridized carbons (Fsp3) is 0.273. The van der Waals surface area contributed by atoms with Gasteiger partial charge in [0.15, 0.2) is 5.76 Å². The molecule has 18 heavy (non-hydrogen) atoms. The highest BCUT2D eigenvalue weighted by Crippen LogP contribution is 2.36. The second-order valence-corrected chi connectivity index (χ2v) is 4.26. The van der Waals surface area contributed by atoms with E-state index in [0.717, 1.165) is 12.1 Å². The van der Waals surface area contributed by atoms with E-state index in [1.54, 1.807) is 0 Å². The SMILES string of the molecule is Cc1cc(C(F)(F)F)c2cc(C(=O)CBr)oc2n1. The third-order valence-corrected chi connectivity index (χ3v) is 2.84. The van der Waals surface area contributed by atoms with E-state index in [9.17, 15) is 18.0 Å². The number of alkyl halides is 4. The lowest BCUT2D eigenvalue weighted by Gasteiger charge is -2.07. The Bertz CT molecular complexity index is 619. The summed E-state index contributed by atoms with van der Waals surface area (Å²) in [5.74, 6) is -0.566. The molecule has 0 spiro atoms. The van der Waals surface area contributed by atoms with E-state index >= 15 is 0 Å². The summed E-state index contributed by atoms with van der Waals surface area (Å²) in [4.78, 5) is 15.2. The number of carbonyl (C=O) groups excluding carboxylic acids is 1. The molecule has 0 fully saturated rings. The molecule has 96 valence electrons. The molecular weight excluding hydrogens is 315 g/mol. The molecule has 0 amide bonds. The number of Topliss-reactive ketones (excluding diaryl/α,β-unsaturated/α-hetero) is 1. The largest absolute Gasteiger partial charge is 0.435 e. The van der Waals surface area contributed by atoms with Crippen LogP contribution in [0, 0.1) is 6.92 Å². The molecule has 0 N–H and O–H groups in total. The van der Waals surface area contributed by atoms with Crippen LogP contribution < -0.4 is 0 Å². The van der Waals surface area contributed by atoms with Gasteiger partial charge < -0.3 is 4.42 Å². The summed E-state index contributed by atoms with van der Waals surface area (Å²) < 4.78 is 43.5. The Kier molecular flexibility index (Phi) is 3.18. The Balaban J connectivity index is 2.72. The summed E-state index contributed by atoms with van der Waals surface area (Å²) in [6.07, 6.45) is -4.51. The van der Waals surface area contributed by atoms with E-state index in [1.807, 2.05) is 0 Å². The number of rotatable bonds is 2. The van der Waals surface area contributed by atoms with Crippen molar-refractivity contribution in [3.63, 3.8) is 0 Å². The van der Waals surface area contributed by atoms with E-state index < -0.39 is 17.5 Å². The number of aromatic nitrogens is 1. The number of ketones is 1. The number of nitrogens with zero attached hydrogens (tertiary/aromatic N) is 1. The van der Waals surface area contributed by atoms with Gasteiger partial charge in [-0.05, 0) is 19.1 Å². The quantitative estimate of drug-likeness (QED) is 0.625. The number of hydrogen-bond donors (Lipinski definition) is 0. The van der Waals surface area contributed by atoms with Crippen LogP contribution in [0.15, 0.2) is 16.5 Å². The molecule has 0 unspecified atom stereocenters. The predicted octanol–water partition coefficient (Wildman–Crippen LogP) is 3.73. The van der Waals surface area contributed by atoms with Crippen molar-refractivity contribution in [3.8, 4) is 0 Å². The molecule has 0 radical (unpaired) electrons. The van der Waals surface area contributed by atoms with Crippen molar-refractivity contribution >= 4 is 32.8 Å². The lowest BCUT2D eigenvalue weighted by molar-refractivity contribution is -0.136. The van der Waals surface area contributed by atoms with Crippen molar-refractivity contribution in [3.05, 3.63) is 29.2 Å². The molecular formula is C11H7BrF3NO2. The van der Waals surface area contributed by atoms with E-state index in [1.165, 1.54) is 6.92 Å². The first-order chi connectivity index (χ1) is 8.32. The first-order valence-electron chi connectivity index (χ1n) is 4.90. The van der Waals surface area contributed by atoms with Crippen LogP contribution in [-0.4, -0.2) is 16.1 Å². The highest BCUT2D eigenvalue weighted by atomic mass is 79.9. The molecule has 0 aliphatic heterocycles. The number of carbonyl (C=O) groups is 1. The lowest BCUT2D eigenvalue weighted by atomic mass is 10.1. The minimum atomic E-state index is -4.51. The molecule has 0 aliphatic rings. The molecule has 2 rings (SSSR count). The molecule has 0 aliphatic carbocycles. The first kappa shape index (κ1) is 13.1. The van der Waals surface area contributed by atoms with Crippen LogP contribution in [0.5, 0.6) is 0 Å². The molecule has 2 aromatic rings. The topological polar surface area (TPSA) is 43.1 Å². The number of hydrogen-bond acceptors (Lipinski definition) is 3. The zero-order valence-corrected chi connectivity index (χ0v) is 10.7. The van der Waals surface area contributed by atoms with Gasteiger partial charge in [-0.25, -0.2) is 4.98 Å². The van der Waals surface area contributed by atoms with E-state index in [4.69, 9.17) is 4.42 Å². The van der Waals surface area contributed by atoms with Crippen LogP contribution in [-0.2, 0) is 6.18 Å². The molecule has 3 nitrogen and oxygen atoms in total. The summed E-state index contributed by atoms with van der Waals surface area (Å²) in [7, 11) is 0. The van der Waals surface area contributed by atoms with Crippen molar-refractivity contribution in [2.24, 2.45) is 0 Å². The van der Waals surface area contributed by atoms with E-state index in [-0.39, 0.29) is 27.9 Å². The van der Waals surface area contributed by atoms with Crippen molar-refractivity contribution < 1.29 is 22.4 Å². The van der Waals surface area contributed by atoms with Crippen LogP contribution in [0.3, 0.4) is 0 Å². The zero-order chi connectivity index (χ0) is 13.5. The van der Waals surface area contributed by atoms with Gasteiger partial charge in [-0.3, -0.25) is 4.79 Å². The number of furan rings is 1. The number of aryl methyl sites for hydroxylation is 1. The van der Waals surface area contributed by atoms with Crippen molar-refractivity contribution in [1.82, 2.24) is 4.98 Å². The summed E-state index contributed by atoms with van der Waals surface area (Å²) in [5, 5.41) is -0.218. The standard InChI is InChI=1S/C11H7BrF3NO2/c1-5-2-7(11(13,14)15)6-3-9(8(17)4-12)18-10(6)16-5/h2-3H,4H2,1H3. The summed E-state index contributed by atoms with van der Waals surface area (Å²) in [6.45, 7) is 1.43. The third-order valence-electron chi connectivity index (χ3n) is 2.34. The van der Waals surface area contributed by atoms with Crippen LogP contribution in [0.1, 0.15) is 21.8 Å². The van der Waals surface area contributed by atoms with Crippen molar-refractivity contribution in [2.45, 2.75) is 13.1 Å². The van der Waals surface area contributed by atoms with E-state index in [0.29, 0.717) is 0 Å². The van der Waals surface area contributed by atoms with E-state index in [2.05, 4.69) is 20.9 Å². The predicted molar refractivity (Wildman–Crippen MR) is 61.9 cm³/mol. The molecule has 0 saturated heterocycles. The van der Waals surface area contributed by atoms with Crippen LogP contribution >= 0.6 is 15.9 Å². The highest BCUT2D eigenvalue weighted by molar-refractivity contribution is 9.09. The Labute approximate surface area is 108 Å². The molecule has 0 saturated carbocycles. The molecule has 0 bridgehead atoms. The maximum Gasteiger partial charge on any atom is 0.417 e. The van der Waals surface area contributed by atoms with Gasteiger partial charge in [0, 0.05) is 5.69 Å². The van der Waals surface area contributed by atoms with Crippen LogP contribution in [0.25, 0.3) is 11.1 Å². The molecule has 2 aromatic heterocycles. The summed E-state index contributed by atoms with van der Waals surface area (Å²) in [6, 6.07) is 2.01. The summed E-state index contributed by atoms with van der Waals surface area (Å²) in [5.41, 5.74) is -0.837. The fourth-order valence-corrected chi connectivity index (χ4v) is 1.85. The fourth-order valence-electron chi connectivity index (χ4n) is 1.57. The molecule has 7 heteroatoms. The summed E-state index contributed by atoms with van der Waals surface area (Å²) >= 11 is 2.93. The smallest absolute Gasteiger partial charge is 0.417 e. The lowest BCUT2D eigenvalue weighted by Crippen LogP contribution is -2.06.